The third-order valence-corrected chi connectivity index (χ3v) is 3.73. The zero-order valence-corrected chi connectivity index (χ0v) is 14.1. The molecule has 0 aliphatic rings. The van der Waals surface area contributed by atoms with E-state index >= 15 is 0 Å². The number of para-hydroxylation sites is 1. The number of hydrogen-bond acceptors (Lipinski definition) is 5. The first kappa shape index (κ1) is 17.3. The number of nitrogens with zero attached hydrogens (tertiary/aromatic N) is 3. The maximum atomic E-state index is 14.0. The van der Waals surface area contributed by atoms with E-state index in [0.29, 0.717) is 16.9 Å². The topological polar surface area (TPSA) is 90.7 Å². The number of nitrogens with one attached hydrogen (secondary N) is 2. The molecule has 6 nitrogen and oxygen atoms in total. The molecule has 0 spiro atoms. The average molecular weight is 349 g/mol. The first-order valence-corrected chi connectivity index (χ1v) is 8.02. The maximum absolute atomic E-state index is 14.0. The molecule has 2 heterocycles. The lowest BCUT2D eigenvalue weighted by atomic mass is 10.1. The Kier molecular flexibility index (Phi) is 5.04. The second-order valence-corrected chi connectivity index (χ2v) is 5.67. The van der Waals surface area contributed by atoms with Gasteiger partial charge in [-0.15, -0.1) is 0 Å². The fourth-order valence-corrected chi connectivity index (χ4v) is 2.48. The Bertz CT molecular complexity index is 1010. The van der Waals surface area contributed by atoms with Gasteiger partial charge in [0.2, 0.25) is 0 Å². The van der Waals surface area contributed by atoms with Crippen LogP contribution < -0.4 is 10.6 Å². The number of aromatic nitrogens is 2. The van der Waals surface area contributed by atoms with E-state index in [1.807, 2.05) is 19.1 Å². The Hall–Kier alpha value is -3.53. The van der Waals surface area contributed by atoms with Crippen molar-refractivity contribution in [2.75, 3.05) is 11.9 Å². The number of hydrogen-bond donors (Lipinski definition) is 2. The molecule has 0 saturated heterocycles. The molecule has 0 aliphatic heterocycles. The molecule has 7 heteroatoms. The van der Waals surface area contributed by atoms with E-state index in [1.54, 1.807) is 30.5 Å². The van der Waals surface area contributed by atoms with Crippen LogP contribution in [0.25, 0.3) is 10.9 Å². The molecule has 1 aromatic carbocycles. The minimum atomic E-state index is -0.403. The second-order valence-electron chi connectivity index (χ2n) is 5.67. The first-order chi connectivity index (χ1) is 12.6. The van der Waals surface area contributed by atoms with Gasteiger partial charge in [-0.1, -0.05) is 12.1 Å². The van der Waals surface area contributed by atoms with Crippen molar-refractivity contribution in [3.63, 3.8) is 0 Å². The predicted molar refractivity (Wildman–Crippen MR) is 96.5 cm³/mol. The predicted octanol–water partition coefficient (Wildman–Crippen LogP) is 3.46. The SMILES string of the molecule is Cc1cc2c(Nc3ccccc3F)cc(C(=O)NCCC#N)nc2cn1. The van der Waals surface area contributed by atoms with E-state index in [4.69, 9.17) is 5.26 Å². The second kappa shape index (κ2) is 7.57. The summed E-state index contributed by atoms with van der Waals surface area (Å²) >= 11 is 0. The van der Waals surface area contributed by atoms with E-state index < -0.39 is 11.7 Å². The van der Waals surface area contributed by atoms with Gasteiger partial charge < -0.3 is 10.6 Å². The third-order valence-electron chi connectivity index (χ3n) is 3.73. The van der Waals surface area contributed by atoms with Crippen molar-refractivity contribution in [1.29, 1.82) is 5.26 Å². The van der Waals surface area contributed by atoms with Crippen LogP contribution in [0.15, 0.2) is 42.6 Å². The molecule has 0 unspecified atom stereocenters. The summed E-state index contributed by atoms with van der Waals surface area (Å²) in [5.41, 5.74) is 2.31. The van der Waals surface area contributed by atoms with Crippen LogP contribution in [0.1, 0.15) is 22.6 Å². The molecule has 130 valence electrons. The van der Waals surface area contributed by atoms with Crippen LogP contribution in [0.2, 0.25) is 0 Å². The molecule has 0 radical (unpaired) electrons. The van der Waals surface area contributed by atoms with Gasteiger partial charge in [-0.25, -0.2) is 9.37 Å². The van der Waals surface area contributed by atoms with E-state index in [2.05, 4.69) is 20.6 Å². The van der Waals surface area contributed by atoms with E-state index in [0.717, 1.165) is 11.1 Å². The van der Waals surface area contributed by atoms with Crippen LogP contribution in [-0.4, -0.2) is 22.4 Å². The number of carbonyl (C=O) groups is 1. The van der Waals surface area contributed by atoms with E-state index in [-0.39, 0.29) is 18.7 Å². The first-order valence-electron chi connectivity index (χ1n) is 8.02. The highest BCUT2D eigenvalue weighted by Crippen LogP contribution is 2.28. The molecular formula is C19H16FN5O. The molecule has 1 amide bonds. The average Bonchev–Trinajstić information content (AvgIpc) is 2.64. The summed E-state index contributed by atoms with van der Waals surface area (Å²) in [7, 11) is 0. The number of carbonyl (C=O) groups excluding carboxylic acids is 1. The fraction of sp³-hybridized carbons (Fsp3) is 0.158. The number of nitriles is 1. The maximum Gasteiger partial charge on any atom is 0.270 e. The van der Waals surface area contributed by atoms with Gasteiger partial charge in [0.1, 0.15) is 11.5 Å². The monoisotopic (exact) mass is 349 g/mol. The molecule has 3 aromatic rings. The van der Waals surface area contributed by atoms with Crippen molar-refractivity contribution in [3.8, 4) is 6.07 Å². The van der Waals surface area contributed by atoms with Crippen LogP contribution in [0, 0.1) is 24.1 Å². The summed E-state index contributed by atoms with van der Waals surface area (Å²) in [6.07, 6.45) is 1.78. The van der Waals surface area contributed by atoms with Crippen molar-refractivity contribution < 1.29 is 9.18 Å². The van der Waals surface area contributed by atoms with Gasteiger partial charge in [0.15, 0.2) is 0 Å². The molecular weight excluding hydrogens is 333 g/mol. The van der Waals surface area contributed by atoms with Gasteiger partial charge in [-0.05, 0) is 31.2 Å². The van der Waals surface area contributed by atoms with Crippen molar-refractivity contribution in [3.05, 3.63) is 59.8 Å². The Morgan fingerprint density at radius 3 is 2.85 bits per heavy atom. The smallest absolute Gasteiger partial charge is 0.270 e. The number of rotatable bonds is 5. The Balaban J connectivity index is 2.04. The number of fused-ring (bicyclic) bond motifs is 1. The zero-order valence-electron chi connectivity index (χ0n) is 14.1. The molecule has 0 bridgehead atoms. The zero-order chi connectivity index (χ0) is 18.5. The summed E-state index contributed by atoms with van der Waals surface area (Å²) in [6, 6.07) is 11.6. The van der Waals surface area contributed by atoms with Gasteiger partial charge in [0, 0.05) is 17.6 Å². The van der Waals surface area contributed by atoms with Gasteiger partial charge in [-0.2, -0.15) is 5.26 Å². The highest BCUT2D eigenvalue weighted by molar-refractivity contribution is 6.00. The number of benzene rings is 1. The quantitative estimate of drug-likeness (QED) is 0.688. The summed E-state index contributed by atoms with van der Waals surface area (Å²) in [5.74, 6) is -0.803. The lowest BCUT2D eigenvalue weighted by molar-refractivity contribution is 0.0950. The lowest BCUT2D eigenvalue weighted by Crippen LogP contribution is -2.25. The summed E-state index contributed by atoms with van der Waals surface area (Å²) in [6.45, 7) is 2.08. The summed E-state index contributed by atoms with van der Waals surface area (Å²) in [4.78, 5) is 20.8. The Morgan fingerprint density at radius 2 is 2.08 bits per heavy atom. The van der Waals surface area contributed by atoms with Crippen LogP contribution >= 0.6 is 0 Å². The van der Waals surface area contributed by atoms with Crippen molar-refractivity contribution in [1.82, 2.24) is 15.3 Å². The third kappa shape index (κ3) is 3.75. The molecule has 0 atom stereocenters. The van der Waals surface area contributed by atoms with Crippen LogP contribution in [0.3, 0.4) is 0 Å². The minimum absolute atomic E-state index is 0.167. The molecule has 3 rings (SSSR count). The van der Waals surface area contributed by atoms with Crippen molar-refractivity contribution in [2.45, 2.75) is 13.3 Å². The summed E-state index contributed by atoms with van der Waals surface area (Å²) in [5, 5.41) is 15.0. The van der Waals surface area contributed by atoms with Gasteiger partial charge >= 0.3 is 0 Å². The Labute approximate surface area is 149 Å². The number of pyridine rings is 2. The highest BCUT2D eigenvalue weighted by atomic mass is 19.1. The fourth-order valence-electron chi connectivity index (χ4n) is 2.48. The number of anilines is 2. The minimum Gasteiger partial charge on any atom is -0.353 e. The normalized spacial score (nSPS) is 10.3. The van der Waals surface area contributed by atoms with Crippen LogP contribution in [0.5, 0.6) is 0 Å². The van der Waals surface area contributed by atoms with Gasteiger partial charge in [0.25, 0.3) is 5.91 Å². The van der Waals surface area contributed by atoms with Crippen molar-refractivity contribution >= 4 is 28.2 Å². The number of halogens is 1. The lowest BCUT2D eigenvalue weighted by Gasteiger charge is -2.13. The van der Waals surface area contributed by atoms with E-state index in [9.17, 15) is 9.18 Å². The van der Waals surface area contributed by atoms with Crippen LogP contribution in [0.4, 0.5) is 15.8 Å². The van der Waals surface area contributed by atoms with Gasteiger partial charge in [0.05, 0.1) is 35.6 Å². The Morgan fingerprint density at radius 1 is 1.27 bits per heavy atom. The highest BCUT2D eigenvalue weighted by Gasteiger charge is 2.13. The number of aryl methyl sites for hydroxylation is 1. The molecule has 0 fully saturated rings. The molecule has 0 aliphatic carbocycles. The number of amides is 1. The molecule has 2 aromatic heterocycles. The largest absolute Gasteiger partial charge is 0.353 e. The summed E-state index contributed by atoms with van der Waals surface area (Å²) < 4.78 is 14.0. The molecule has 2 N–H and O–H groups in total. The van der Waals surface area contributed by atoms with Crippen LogP contribution in [-0.2, 0) is 0 Å². The van der Waals surface area contributed by atoms with E-state index in [1.165, 1.54) is 6.07 Å². The van der Waals surface area contributed by atoms with Gasteiger partial charge in [-0.3, -0.25) is 9.78 Å². The molecule has 0 saturated carbocycles. The van der Waals surface area contributed by atoms with Crippen molar-refractivity contribution in [2.24, 2.45) is 0 Å². The molecule has 26 heavy (non-hydrogen) atoms. The standard InChI is InChI=1S/C19H16FN5O/c1-12-9-13-16(24-15-6-3-2-5-14(15)20)10-17(25-18(13)11-23-12)19(26)22-8-4-7-21/h2-3,5-6,9-11H,4,8H2,1H3,(H,22,26)(H,24,25).